The number of halogens is 1. The zero-order valence-corrected chi connectivity index (χ0v) is 10.6. The fourth-order valence-electron chi connectivity index (χ4n) is 1.49. The first-order valence-corrected chi connectivity index (χ1v) is 5.78. The van der Waals surface area contributed by atoms with E-state index in [1.165, 1.54) is 6.20 Å². The van der Waals surface area contributed by atoms with Gasteiger partial charge in [0.05, 0.1) is 30.6 Å². The Morgan fingerprint density at radius 3 is 2.78 bits per heavy atom. The molecule has 1 heterocycles. The van der Waals surface area contributed by atoms with E-state index in [9.17, 15) is 0 Å². The highest BCUT2D eigenvalue weighted by molar-refractivity contribution is 6.32. The minimum atomic E-state index is 0.159. The fourth-order valence-corrected chi connectivity index (χ4v) is 1.75. The Morgan fingerprint density at radius 1 is 1.33 bits per heavy atom. The van der Waals surface area contributed by atoms with E-state index in [0.29, 0.717) is 17.3 Å². The molecule has 0 amide bonds. The molecule has 0 aliphatic rings. The SMILES string of the molecule is COc1ccc(NCc2ccc(O)cn2)cc1Cl. The minimum absolute atomic E-state index is 0.159. The second-order valence-corrected chi connectivity index (χ2v) is 4.12. The number of hydrogen-bond acceptors (Lipinski definition) is 4. The molecule has 1 aromatic carbocycles. The predicted octanol–water partition coefficient (Wildman–Crippen LogP) is 3.06. The zero-order valence-electron chi connectivity index (χ0n) is 9.85. The summed E-state index contributed by atoms with van der Waals surface area (Å²) in [7, 11) is 1.58. The number of anilines is 1. The molecular weight excluding hydrogens is 252 g/mol. The van der Waals surface area contributed by atoms with Gasteiger partial charge in [0.25, 0.3) is 0 Å². The average molecular weight is 265 g/mol. The Labute approximate surface area is 110 Å². The van der Waals surface area contributed by atoms with Crippen LogP contribution in [0.4, 0.5) is 5.69 Å². The van der Waals surface area contributed by atoms with E-state index in [-0.39, 0.29) is 5.75 Å². The summed E-state index contributed by atoms with van der Waals surface area (Å²) >= 11 is 6.02. The van der Waals surface area contributed by atoms with Gasteiger partial charge >= 0.3 is 0 Å². The lowest BCUT2D eigenvalue weighted by molar-refractivity contribution is 0.415. The zero-order chi connectivity index (χ0) is 13.0. The van der Waals surface area contributed by atoms with Crippen molar-refractivity contribution in [1.82, 2.24) is 4.98 Å². The van der Waals surface area contributed by atoms with Crippen molar-refractivity contribution in [3.8, 4) is 11.5 Å². The van der Waals surface area contributed by atoms with Gasteiger partial charge in [-0.1, -0.05) is 11.6 Å². The molecule has 2 rings (SSSR count). The Morgan fingerprint density at radius 2 is 2.17 bits per heavy atom. The summed E-state index contributed by atoms with van der Waals surface area (Å²) < 4.78 is 5.08. The van der Waals surface area contributed by atoms with Crippen molar-refractivity contribution >= 4 is 17.3 Å². The summed E-state index contributed by atoms with van der Waals surface area (Å²) in [5.41, 5.74) is 1.72. The van der Waals surface area contributed by atoms with Crippen LogP contribution in [0.1, 0.15) is 5.69 Å². The standard InChI is InChI=1S/C13H13ClN2O2/c1-18-13-5-3-9(6-12(13)14)15-7-10-2-4-11(17)8-16-10/h2-6,8,15,17H,7H2,1H3. The van der Waals surface area contributed by atoms with Gasteiger partial charge in [-0.2, -0.15) is 0 Å². The van der Waals surface area contributed by atoms with E-state index < -0.39 is 0 Å². The Balaban J connectivity index is 2.02. The third-order valence-electron chi connectivity index (χ3n) is 2.43. The molecule has 0 saturated heterocycles. The van der Waals surface area contributed by atoms with Gasteiger partial charge in [0.2, 0.25) is 0 Å². The highest BCUT2D eigenvalue weighted by Crippen LogP contribution is 2.27. The van der Waals surface area contributed by atoms with Crippen LogP contribution < -0.4 is 10.1 Å². The molecule has 1 aromatic heterocycles. The molecule has 0 spiro atoms. The van der Waals surface area contributed by atoms with Crippen molar-refractivity contribution in [3.05, 3.63) is 47.2 Å². The summed E-state index contributed by atoms with van der Waals surface area (Å²) in [5, 5.41) is 12.9. The minimum Gasteiger partial charge on any atom is -0.506 e. The molecule has 5 heteroatoms. The molecule has 0 fully saturated rings. The molecule has 2 N–H and O–H groups in total. The summed E-state index contributed by atoms with van der Waals surface area (Å²) in [5.74, 6) is 0.802. The van der Waals surface area contributed by atoms with Gasteiger partial charge in [0.15, 0.2) is 0 Å². The molecule has 4 nitrogen and oxygen atoms in total. The first-order chi connectivity index (χ1) is 8.69. The number of hydrogen-bond donors (Lipinski definition) is 2. The molecule has 18 heavy (non-hydrogen) atoms. The second-order valence-electron chi connectivity index (χ2n) is 3.71. The van der Waals surface area contributed by atoms with Gasteiger partial charge < -0.3 is 15.2 Å². The van der Waals surface area contributed by atoms with Crippen LogP contribution in [0.3, 0.4) is 0 Å². The quantitative estimate of drug-likeness (QED) is 0.891. The van der Waals surface area contributed by atoms with Crippen LogP contribution in [0.2, 0.25) is 5.02 Å². The van der Waals surface area contributed by atoms with Crippen molar-refractivity contribution in [1.29, 1.82) is 0 Å². The lowest BCUT2D eigenvalue weighted by Crippen LogP contribution is -2.01. The van der Waals surface area contributed by atoms with Crippen LogP contribution in [0.25, 0.3) is 0 Å². The number of aromatic nitrogens is 1. The van der Waals surface area contributed by atoms with E-state index in [4.69, 9.17) is 21.4 Å². The lowest BCUT2D eigenvalue weighted by atomic mass is 10.3. The number of rotatable bonds is 4. The van der Waals surface area contributed by atoms with Crippen LogP contribution in [-0.2, 0) is 6.54 Å². The first kappa shape index (κ1) is 12.5. The highest BCUT2D eigenvalue weighted by atomic mass is 35.5. The van der Waals surface area contributed by atoms with E-state index in [1.807, 2.05) is 6.07 Å². The van der Waals surface area contributed by atoms with Crippen molar-refractivity contribution in [2.75, 3.05) is 12.4 Å². The monoisotopic (exact) mass is 264 g/mol. The number of pyridine rings is 1. The Kier molecular flexibility index (Phi) is 3.89. The summed E-state index contributed by atoms with van der Waals surface area (Å²) in [6, 6.07) is 8.83. The number of nitrogens with one attached hydrogen (secondary N) is 1. The topological polar surface area (TPSA) is 54.4 Å². The van der Waals surface area contributed by atoms with Crippen LogP contribution in [-0.4, -0.2) is 17.2 Å². The van der Waals surface area contributed by atoms with Gasteiger partial charge in [0.1, 0.15) is 11.5 Å². The third-order valence-corrected chi connectivity index (χ3v) is 2.73. The van der Waals surface area contributed by atoms with Crippen molar-refractivity contribution in [3.63, 3.8) is 0 Å². The third kappa shape index (κ3) is 3.05. The van der Waals surface area contributed by atoms with E-state index >= 15 is 0 Å². The first-order valence-electron chi connectivity index (χ1n) is 5.40. The molecule has 0 atom stereocenters. The molecule has 0 aliphatic carbocycles. The fraction of sp³-hybridized carbons (Fsp3) is 0.154. The number of methoxy groups -OCH3 is 1. The Bertz CT molecular complexity index is 529. The molecule has 0 bridgehead atoms. The summed E-state index contributed by atoms with van der Waals surface area (Å²) in [6.07, 6.45) is 1.41. The number of nitrogens with zero attached hydrogens (tertiary/aromatic N) is 1. The Hall–Kier alpha value is -1.94. The average Bonchev–Trinajstić information content (AvgIpc) is 2.38. The molecular formula is C13H13ClN2O2. The van der Waals surface area contributed by atoms with E-state index in [0.717, 1.165) is 11.4 Å². The van der Waals surface area contributed by atoms with Crippen LogP contribution >= 0.6 is 11.6 Å². The van der Waals surface area contributed by atoms with Gasteiger partial charge in [-0.15, -0.1) is 0 Å². The van der Waals surface area contributed by atoms with Crippen LogP contribution in [0, 0.1) is 0 Å². The molecule has 0 radical (unpaired) electrons. The number of aromatic hydroxyl groups is 1. The number of ether oxygens (including phenoxy) is 1. The van der Waals surface area contributed by atoms with Gasteiger partial charge in [0, 0.05) is 5.69 Å². The maximum absolute atomic E-state index is 9.12. The summed E-state index contributed by atoms with van der Waals surface area (Å²) in [4.78, 5) is 4.08. The molecule has 0 unspecified atom stereocenters. The largest absolute Gasteiger partial charge is 0.506 e. The van der Waals surface area contributed by atoms with Crippen molar-refractivity contribution in [2.24, 2.45) is 0 Å². The number of benzene rings is 1. The van der Waals surface area contributed by atoms with Gasteiger partial charge in [-0.3, -0.25) is 4.98 Å². The van der Waals surface area contributed by atoms with Crippen LogP contribution in [0.5, 0.6) is 11.5 Å². The van der Waals surface area contributed by atoms with Crippen LogP contribution in [0.15, 0.2) is 36.5 Å². The van der Waals surface area contributed by atoms with Crippen molar-refractivity contribution < 1.29 is 9.84 Å². The van der Waals surface area contributed by atoms with E-state index in [1.54, 1.807) is 31.4 Å². The normalized spacial score (nSPS) is 10.1. The molecule has 94 valence electrons. The maximum atomic E-state index is 9.12. The predicted molar refractivity (Wildman–Crippen MR) is 71.2 cm³/mol. The van der Waals surface area contributed by atoms with Gasteiger partial charge in [-0.25, -0.2) is 0 Å². The molecule has 0 aliphatic heterocycles. The van der Waals surface area contributed by atoms with Crippen molar-refractivity contribution in [2.45, 2.75) is 6.54 Å². The second kappa shape index (κ2) is 5.60. The smallest absolute Gasteiger partial charge is 0.137 e. The summed E-state index contributed by atoms with van der Waals surface area (Å²) in [6.45, 7) is 0.558. The maximum Gasteiger partial charge on any atom is 0.137 e. The highest BCUT2D eigenvalue weighted by Gasteiger charge is 2.02. The molecule has 0 saturated carbocycles. The van der Waals surface area contributed by atoms with E-state index in [2.05, 4.69) is 10.3 Å². The molecule has 2 aromatic rings. The lowest BCUT2D eigenvalue weighted by Gasteiger charge is -2.08. The van der Waals surface area contributed by atoms with Gasteiger partial charge in [-0.05, 0) is 30.3 Å².